The molecule has 1 aromatic carbocycles. The average Bonchev–Trinajstić information content (AvgIpc) is 2.74. The zero-order valence-electron chi connectivity index (χ0n) is 10.6. The van der Waals surface area contributed by atoms with Crippen molar-refractivity contribution in [3.05, 3.63) is 34.1 Å². The van der Waals surface area contributed by atoms with Gasteiger partial charge in [0.05, 0.1) is 17.1 Å². The smallest absolute Gasteiger partial charge is 0.262 e. The molecular weight excluding hydrogens is 337 g/mol. The minimum atomic E-state index is -2.82. The van der Waals surface area contributed by atoms with Crippen LogP contribution in [0.15, 0.2) is 22.7 Å². The summed E-state index contributed by atoms with van der Waals surface area (Å²) in [6.45, 7) is -0.142. The van der Waals surface area contributed by atoms with Crippen molar-refractivity contribution in [2.45, 2.75) is 24.8 Å². The molecule has 1 atom stereocenters. The summed E-state index contributed by atoms with van der Waals surface area (Å²) < 4.78 is 39.3. The van der Waals surface area contributed by atoms with Crippen LogP contribution in [0.2, 0.25) is 0 Å². The van der Waals surface area contributed by atoms with Crippen LogP contribution in [-0.4, -0.2) is 31.0 Å². The van der Waals surface area contributed by atoms with Gasteiger partial charge in [0.2, 0.25) is 5.91 Å². The molecule has 2 N–H and O–H groups in total. The fraction of sp³-hybridized carbons (Fsp3) is 0.462. The van der Waals surface area contributed by atoms with Crippen molar-refractivity contribution in [3.8, 4) is 0 Å². The van der Waals surface area contributed by atoms with Crippen molar-refractivity contribution in [2.75, 3.05) is 13.1 Å². The van der Waals surface area contributed by atoms with Crippen LogP contribution in [0.25, 0.3) is 0 Å². The number of alkyl halides is 2. The molecule has 3 nitrogen and oxygen atoms in total. The molecule has 0 saturated carbocycles. The van der Waals surface area contributed by atoms with Gasteiger partial charge in [-0.25, -0.2) is 13.2 Å². The highest BCUT2D eigenvalue weighted by Gasteiger charge is 2.42. The van der Waals surface area contributed by atoms with E-state index in [0.717, 1.165) is 5.56 Å². The fourth-order valence-corrected chi connectivity index (χ4v) is 2.48. The number of nitrogens with one attached hydrogen (secondary N) is 2. The van der Waals surface area contributed by atoms with Crippen molar-refractivity contribution in [1.82, 2.24) is 10.6 Å². The van der Waals surface area contributed by atoms with Crippen LogP contribution in [0.1, 0.15) is 12.0 Å². The quantitative estimate of drug-likeness (QED) is 0.874. The zero-order chi connectivity index (χ0) is 14.8. The number of amides is 1. The summed E-state index contributed by atoms with van der Waals surface area (Å²) in [5.74, 6) is -3.59. The Hall–Kier alpha value is -1.08. The summed E-state index contributed by atoms with van der Waals surface area (Å²) in [5.41, 5.74) is 0.850. The number of carbonyl (C=O) groups is 1. The third-order valence-electron chi connectivity index (χ3n) is 3.12. The molecular formula is C13H14BrF3N2O. The van der Waals surface area contributed by atoms with Crippen molar-refractivity contribution in [3.63, 3.8) is 0 Å². The summed E-state index contributed by atoms with van der Waals surface area (Å²) >= 11 is 3.08. The monoisotopic (exact) mass is 350 g/mol. The largest absolute Gasteiger partial charge is 0.354 e. The van der Waals surface area contributed by atoms with Crippen LogP contribution in [0.4, 0.5) is 13.2 Å². The lowest BCUT2D eigenvalue weighted by Crippen LogP contribution is -2.41. The van der Waals surface area contributed by atoms with Gasteiger partial charge in [-0.3, -0.25) is 10.1 Å². The summed E-state index contributed by atoms with van der Waals surface area (Å²) in [5, 5.41) is 5.09. The highest BCUT2D eigenvalue weighted by molar-refractivity contribution is 9.10. The molecule has 1 aliphatic rings. The second kappa shape index (κ2) is 6.13. The van der Waals surface area contributed by atoms with E-state index in [9.17, 15) is 18.0 Å². The van der Waals surface area contributed by atoms with Gasteiger partial charge in [0.25, 0.3) is 5.92 Å². The molecule has 1 unspecified atom stereocenters. The predicted octanol–water partition coefficient (Wildman–Crippen LogP) is 2.24. The molecule has 20 heavy (non-hydrogen) atoms. The maximum absolute atomic E-state index is 13.0. The molecule has 7 heteroatoms. The first-order chi connectivity index (χ1) is 9.37. The van der Waals surface area contributed by atoms with E-state index in [1.165, 1.54) is 6.07 Å². The van der Waals surface area contributed by atoms with Crippen LogP contribution >= 0.6 is 15.9 Å². The highest BCUT2D eigenvalue weighted by Crippen LogP contribution is 2.25. The van der Waals surface area contributed by atoms with Crippen molar-refractivity contribution < 1.29 is 18.0 Å². The van der Waals surface area contributed by atoms with Gasteiger partial charge in [-0.15, -0.1) is 0 Å². The number of benzene rings is 1. The second-order valence-corrected chi connectivity index (χ2v) is 5.64. The SMILES string of the molecule is O=C(NCCc1ccc(F)c(Br)c1)C1CC(F)(F)CN1. The molecule has 110 valence electrons. The summed E-state index contributed by atoms with van der Waals surface area (Å²) in [6, 6.07) is 3.74. The molecule has 1 amide bonds. The third-order valence-corrected chi connectivity index (χ3v) is 3.73. The van der Waals surface area contributed by atoms with E-state index in [4.69, 9.17) is 0 Å². The van der Waals surface area contributed by atoms with Crippen LogP contribution in [0.5, 0.6) is 0 Å². The fourth-order valence-electron chi connectivity index (χ4n) is 2.05. The van der Waals surface area contributed by atoms with E-state index in [1.54, 1.807) is 12.1 Å². The molecule has 1 saturated heterocycles. The molecule has 0 bridgehead atoms. The first-order valence-electron chi connectivity index (χ1n) is 6.20. The summed E-state index contributed by atoms with van der Waals surface area (Å²) in [6.07, 6.45) is 0.0364. The second-order valence-electron chi connectivity index (χ2n) is 4.78. The Balaban J connectivity index is 1.78. The number of hydrogen-bond acceptors (Lipinski definition) is 2. The van der Waals surface area contributed by atoms with Crippen LogP contribution < -0.4 is 10.6 Å². The maximum Gasteiger partial charge on any atom is 0.262 e. The third kappa shape index (κ3) is 3.96. The van der Waals surface area contributed by atoms with Crippen LogP contribution in [0.3, 0.4) is 0 Å². The number of hydrogen-bond donors (Lipinski definition) is 2. The lowest BCUT2D eigenvalue weighted by atomic mass is 10.1. The van der Waals surface area contributed by atoms with E-state index in [-0.39, 0.29) is 5.82 Å². The van der Waals surface area contributed by atoms with Gasteiger partial charge in [0.15, 0.2) is 0 Å². The van der Waals surface area contributed by atoms with E-state index < -0.39 is 30.8 Å². The van der Waals surface area contributed by atoms with Gasteiger partial charge >= 0.3 is 0 Å². The zero-order valence-corrected chi connectivity index (χ0v) is 12.1. The van der Waals surface area contributed by atoms with Gasteiger partial charge in [-0.1, -0.05) is 6.07 Å². The van der Waals surface area contributed by atoms with Gasteiger partial charge in [0, 0.05) is 13.0 Å². The molecule has 1 aliphatic heterocycles. The lowest BCUT2D eigenvalue weighted by molar-refractivity contribution is -0.123. The standard InChI is InChI=1S/C13H14BrF3N2O/c14-9-5-8(1-2-10(9)15)3-4-18-12(20)11-6-13(16,17)7-19-11/h1-2,5,11,19H,3-4,6-7H2,(H,18,20). The number of carbonyl (C=O) groups excluding carboxylic acids is 1. The Kier molecular flexibility index (Phi) is 4.70. The Bertz CT molecular complexity index is 510. The van der Waals surface area contributed by atoms with Gasteiger partial charge in [0.1, 0.15) is 5.82 Å². The molecule has 1 fully saturated rings. The molecule has 0 aliphatic carbocycles. The first kappa shape index (κ1) is 15.3. The van der Waals surface area contributed by atoms with E-state index in [0.29, 0.717) is 17.4 Å². The molecule has 2 rings (SSSR count). The van der Waals surface area contributed by atoms with E-state index in [1.807, 2.05) is 0 Å². The minimum absolute atomic E-state index is 0.320. The maximum atomic E-state index is 13.0. The van der Waals surface area contributed by atoms with Gasteiger partial charge in [-0.05, 0) is 40.0 Å². The lowest BCUT2D eigenvalue weighted by Gasteiger charge is -2.11. The van der Waals surface area contributed by atoms with Crippen LogP contribution in [-0.2, 0) is 11.2 Å². The highest BCUT2D eigenvalue weighted by atomic mass is 79.9. The normalized spacial score (nSPS) is 20.9. The minimum Gasteiger partial charge on any atom is -0.354 e. The van der Waals surface area contributed by atoms with Crippen molar-refractivity contribution in [2.24, 2.45) is 0 Å². The average molecular weight is 351 g/mol. The number of rotatable bonds is 4. The molecule has 1 aromatic rings. The Morgan fingerprint density at radius 3 is 2.85 bits per heavy atom. The Morgan fingerprint density at radius 1 is 1.50 bits per heavy atom. The van der Waals surface area contributed by atoms with E-state index >= 15 is 0 Å². The van der Waals surface area contributed by atoms with Crippen molar-refractivity contribution >= 4 is 21.8 Å². The van der Waals surface area contributed by atoms with E-state index in [2.05, 4.69) is 26.6 Å². The Labute approximate surface area is 123 Å². The summed E-state index contributed by atoms with van der Waals surface area (Å²) in [7, 11) is 0. The van der Waals surface area contributed by atoms with Gasteiger partial charge in [-0.2, -0.15) is 0 Å². The molecule has 1 heterocycles. The molecule has 0 radical (unpaired) electrons. The van der Waals surface area contributed by atoms with Crippen LogP contribution in [0, 0.1) is 5.82 Å². The van der Waals surface area contributed by atoms with Crippen molar-refractivity contribution in [1.29, 1.82) is 0 Å². The topological polar surface area (TPSA) is 41.1 Å². The Morgan fingerprint density at radius 2 is 2.25 bits per heavy atom. The summed E-state index contributed by atoms with van der Waals surface area (Å²) in [4.78, 5) is 11.7. The predicted molar refractivity (Wildman–Crippen MR) is 72.2 cm³/mol. The molecule has 0 aromatic heterocycles. The molecule has 0 spiro atoms. The number of halogens is 4. The van der Waals surface area contributed by atoms with Gasteiger partial charge < -0.3 is 5.32 Å². The first-order valence-corrected chi connectivity index (χ1v) is 6.99.